The zero-order chi connectivity index (χ0) is 27.8. The molecule has 4 nitrogen and oxygen atoms in total. The van der Waals surface area contributed by atoms with E-state index < -0.39 is 0 Å². The van der Waals surface area contributed by atoms with Crippen molar-refractivity contribution in [1.29, 1.82) is 0 Å². The van der Waals surface area contributed by atoms with Gasteiger partial charge in [0.2, 0.25) is 0 Å². The van der Waals surface area contributed by atoms with Gasteiger partial charge in [0.1, 0.15) is 0 Å². The molecule has 1 aromatic heterocycles. The lowest BCUT2D eigenvalue weighted by molar-refractivity contribution is -0.384. The summed E-state index contributed by atoms with van der Waals surface area (Å²) in [6.45, 7) is 8.97. The van der Waals surface area contributed by atoms with Crippen molar-refractivity contribution in [2.45, 2.75) is 51.4 Å². The van der Waals surface area contributed by atoms with Crippen LogP contribution in [0.15, 0.2) is 97.1 Å². The van der Waals surface area contributed by atoms with Gasteiger partial charge in [0.15, 0.2) is 0 Å². The molecule has 0 amide bonds. The lowest BCUT2D eigenvalue weighted by Gasteiger charge is -2.41. The number of nitrogens with zero attached hydrogens (tertiary/aromatic N) is 2. The maximum Gasteiger partial charge on any atom is 0.277 e. The van der Waals surface area contributed by atoms with Gasteiger partial charge in [-0.1, -0.05) is 88.4 Å². The van der Waals surface area contributed by atoms with Crippen molar-refractivity contribution in [3.63, 3.8) is 0 Å². The fourth-order valence-electron chi connectivity index (χ4n) is 6.88. The Hall–Kier alpha value is -4.44. The summed E-state index contributed by atoms with van der Waals surface area (Å²) in [6.07, 6.45) is 2.06. The first-order valence-corrected chi connectivity index (χ1v) is 14.0. The van der Waals surface area contributed by atoms with Crippen LogP contribution in [-0.4, -0.2) is 9.49 Å². The Morgan fingerprint density at radius 3 is 2.05 bits per heavy atom. The molecule has 0 atom stereocenters. The van der Waals surface area contributed by atoms with E-state index in [0.29, 0.717) is 5.56 Å². The minimum Gasteiger partial charge on any atom is -0.309 e. The molecular weight excluding hydrogens is 492 g/mol. The van der Waals surface area contributed by atoms with E-state index in [4.69, 9.17) is 0 Å². The van der Waals surface area contributed by atoms with Crippen LogP contribution in [0.5, 0.6) is 0 Å². The maximum absolute atomic E-state index is 12.7. The lowest BCUT2D eigenvalue weighted by atomic mass is 9.62. The van der Waals surface area contributed by atoms with Crippen molar-refractivity contribution in [3.05, 3.63) is 118 Å². The molecule has 40 heavy (non-hydrogen) atoms. The number of fused-ring (bicyclic) bond motifs is 6. The Bertz CT molecular complexity index is 1980. The molecule has 1 aliphatic rings. The van der Waals surface area contributed by atoms with Crippen LogP contribution in [0.2, 0.25) is 0 Å². The Kier molecular flexibility index (Phi) is 5.24. The van der Waals surface area contributed by atoms with Gasteiger partial charge in [0.05, 0.1) is 21.5 Å². The highest BCUT2D eigenvalue weighted by atomic mass is 16.6. The highest BCUT2D eigenvalue weighted by molar-refractivity contribution is 6.25. The SMILES string of the molecule is CC1(C)CCC(C)(C)c2cc([N+](=O)[O-])c(-c3cccc4c3c3c5ccccc5ccc3n4-c3ccccc3)cc21. The average Bonchev–Trinajstić information content (AvgIpc) is 3.30. The molecule has 0 unspecified atom stereocenters. The van der Waals surface area contributed by atoms with Crippen LogP contribution in [0.1, 0.15) is 51.7 Å². The quantitative estimate of drug-likeness (QED) is 0.171. The Balaban J connectivity index is 1.67. The molecule has 0 bridgehead atoms. The van der Waals surface area contributed by atoms with Crippen LogP contribution >= 0.6 is 0 Å². The molecule has 0 spiro atoms. The molecule has 0 radical (unpaired) electrons. The van der Waals surface area contributed by atoms with Gasteiger partial charge >= 0.3 is 0 Å². The molecule has 6 aromatic rings. The number of benzene rings is 5. The molecule has 0 saturated carbocycles. The van der Waals surface area contributed by atoms with E-state index in [9.17, 15) is 10.1 Å². The minimum atomic E-state index is -0.194. The van der Waals surface area contributed by atoms with Crippen molar-refractivity contribution in [2.75, 3.05) is 0 Å². The number of aromatic nitrogens is 1. The summed E-state index contributed by atoms with van der Waals surface area (Å²) in [6, 6.07) is 33.4. The molecule has 0 saturated heterocycles. The minimum absolute atomic E-state index is 0.0621. The van der Waals surface area contributed by atoms with E-state index in [1.54, 1.807) is 0 Å². The molecule has 0 aliphatic heterocycles. The van der Waals surface area contributed by atoms with Crippen LogP contribution in [0, 0.1) is 10.1 Å². The smallest absolute Gasteiger partial charge is 0.277 e. The second-order valence-corrected chi connectivity index (χ2v) is 12.5. The molecule has 1 heterocycles. The van der Waals surface area contributed by atoms with Crippen LogP contribution in [-0.2, 0) is 10.8 Å². The summed E-state index contributed by atoms with van der Waals surface area (Å²) in [5.74, 6) is 0. The third-order valence-electron chi connectivity index (χ3n) is 9.15. The number of rotatable bonds is 3. The lowest BCUT2D eigenvalue weighted by Crippen LogP contribution is -2.34. The van der Waals surface area contributed by atoms with Gasteiger partial charge in [-0.25, -0.2) is 0 Å². The highest BCUT2D eigenvalue weighted by Crippen LogP contribution is 2.51. The van der Waals surface area contributed by atoms with Gasteiger partial charge in [0, 0.05) is 22.5 Å². The normalized spacial score (nSPS) is 15.9. The number of nitro benzene ring substituents is 1. The number of hydrogen-bond donors (Lipinski definition) is 0. The van der Waals surface area contributed by atoms with E-state index in [1.807, 2.05) is 18.2 Å². The van der Waals surface area contributed by atoms with E-state index in [1.165, 1.54) is 5.56 Å². The van der Waals surface area contributed by atoms with Crippen molar-refractivity contribution in [2.24, 2.45) is 0 Å². The molecule has 0 fully saturated rings. The molecule has 7 rings (SSSR count). The van der Waals surface area contributed by atoms with Crippen molar-refractivity contribution in [3.8, 4) is 16.8 Å². The first kappa shape index (κ1) is 24.6. The summed E-state index contributed by atoms with van der Waals surface area (Å²) in [5.41, 5.74) is 7.13. The summed E-state index contributed by atoms with van der Waals surface area (Å²) < 4.78 is 2.29. The number of hydrogen-bond acceptors (Lipinski definition) is 2. The topological polar surface area (TPSA) is 48.1 Å². The van der Waals surface area contributed by atoms with E-state index in [-0.39, 0.29) is 21.4 Å². The molecular formula is C36H32N2O2. The third-order valence-corrected chi connectivity index (χ3v) is 9.15. The predicted octanol–water partition coefficient (Wildman–Crippen LogP) is 9.86. The molecule has 198 valence electrons. The Morgan fingerprint density at radius 1 is 0.675 bits per heavy atom. The van der Waals surface area contributed by atoms with Crippen molar-refractivity contribution >= 4 is 38.3 Å². The Labute approximate surface area is 234 Å². The van der Waals surface area contributed by atoms with Gasteiger partial charge < -0.3 is 4.57 Å². The summed E-state index contributed by atoms with van der Waals surface area (Å²) in [5, 5.41) is 17.2. The zero-order valence-corrected chi connectivity index (χ0v) is 23.4. The summed E-state index contributed by atoms with van der Waals surface area (Å²) in [4.78, 5) is 12.5. The maximum atomic E-state index is 12.7. The van der Waals surface area contributed by atoms with Gasteiger partial charge in [-0.15, -0.1) is 0 Å². The largest absolute Gasteiger partial charge is 0.309 e. The molecule has 0 N–H and O–H groups in total. The van der Waals surface area contributed by atoms with E-state index in [2.05, 4.69) is 111 Å². The average molecular weight is 525 g/mol. The first-order chi connectivity index (χ1) is 19.2. The van der Waals surface area contributed by atoms with Crippen molar-refractivity contribution < 1.29 is 4.92 Å². The monoisotopic (exact) mass is 524 g/mol. The molecule has 1 aliphatic carbocycles. The highest BCUT2D eigenvalue weighted by Gasteiger charge is 2.39. The fourth-order valence-corrected chi connectivity index (χ4v) is 6.88. The Morgan fingerprint density at radius 2 is 1.32 bits per heavy atom. The summed E-state index contributed by atoms with van der Waals surface area (Å²) in [7, 11) is 0. The fraction of sp³-hybridized carbons (Fsp3) is 0.222. The van der Waals surface area contributed by atoms with Gasteiger partial charge in [-0.05, 0) is 81.5 Å². The van der Waals surface area contributed by atoms with Gasteiger partial charge in [-0.3, -0.25) is 10.1 Å². The van der Waals surface area contributed by atoms with Gasteiger partial charge in [-0.2, -0.15) is 0 Å². The second-order valence-electron chi connectivity index (χ2n) is 12.5. The first-order valence-electron chi connectivity index (χ1n) is 14.0. The zero-order valence-electron chi connectivity index (χ0n) is 23.4. The van der Waals surface area contributed by atoms with Crippen LogP contribution in [0.3, 0.4) is 0 Å². The number of para-hydroxylation sites is 1. The standard InChI is InChI=1S/C36H32N2O2/c1-35(2)19-20-36(3,4)29-22-32(38(39)40)27(21-28(29)35)26-15-10-16-30-34(26)33-25-14-9-8-11-23(25)17-18-31(33)37(30)24-12-6-5-7-13-24/h5-18,21-22H,19-20H2,1-4H3. The van der Waals surface area contributed by atoms with E-state index in [0.717, 1.165) is 62.2 Å². The third kappa shape index (κ3) is 3.52. The molecule has 4 heteroatoms. The number of nitro groups is 1. The predicted molar refractivity (Wildman–Crippen MR) is 166 cm³/mol. The van der Waals surface area contributed by atoms with Crippen LogP contribution in [0.25, 0.3) is 49.4 Å². The van der Waals surface area contributed by atoms with Crippen LogP contribution in [0.4, 0.5) is 5.69 Å². The van der Waals surface area contributed by atoms with Gasteiger partial charge in [0.25, 0.3) is 5.69 Å². The van der Waals surface area contributed by atoms with E-state index >= 15 is 0 Å². The second kappa shape index (κ2) is 8.53. The molecule has 5 aromatic carbocycles. The summed E-state index contributed by atoms with van der Waals surface area (Å²) >= 11 is 0. The van der Waals surface area contributed by atoms with Crippen molar-refractivity contribution in [1.82, 2.24) is 4.57 Å². The van der Waals surface area contributed by atoms with Crippen LogP contribution < -0.4 is 0 Å².